The van der Waals surface area contributed by atoms with Crippen LogP contribution in [0, 0.1) is 5.92 Å². The molecule has 2 unspecified atom stereocenters. The van der Waals surface area contributed by atoms with Gasteiger partial charge in [-0.3, -0.25) is 4.79 Å². The van der Waals surface area contributed by atoms with Crippen LogP contribution in [-0.4, -0.2) is 17.0 Å². The summed E-state index contributed by atoms with van der Waals surface area (Å²) < 4.78 is 2.17. The fraction of sp³-hybridized carbons (Fsp3) is 0.375. The molecule has 2 aromatic carbocycles. The van der Waals surface area contributed by atoms with Crippen molar-refractivity contribution >= 4 is 16.8 Å². The van der Waals surface area contributed by atoms with E-state index in [0.29, 0.717) is 12.3 Å². The lowest BCUT2D eigenvalue weighted by atomic mass is 9.80. The van der Waals surface area contributed by atoms with Crippen LogP contribution in [-0.2, 0) is 11.8 Å². The van der Waals surface area contributed by atoms with Crippen molar-refractivity contribution < 1.29 is 4.79 Å². The van der Waals surface area contributed by atoms with E-state index in [0.717, 1.165) is 6.54 Å². The highest BCUT2D eigenvalue weighted by molar-refractivity contribution is 5.86. The Kier molecular flexibility index (Phi) is 6.00. The maximum absolute atomic E-state index is 12.7. The van der Waals surface area contributed by atoms with Gasteiger partial charge in [-0.25, -0.2) is 0 Å². The highest BCUT2D eigenvalue weighted by Gasteiger charge is 2.26. The van der Waals surface area contributed by atoms with Crippen LogP contribution in [0.2, 0.25) is 0 Å². The van der Waals surface area contributed by atoms with E-state index < -0.39 is 0 Å². The molecule has 0 bridgehead atoms. The largest absolute Gasteiger partial charge is 0.356 e. The zero-order valence-corrected chi connectivity index (χ0v) is 16.8. The van der Waals surface area contributed by atoms with Crippen LogP contribution in [0.5, 0.6) is 0 Å². The lowest BCUT2D eigenvalue weighted by Gasteiger charge is -2.24. The summed E-state index contributed by atoms with van der Waals surface area (Å²) in [5, 5.41) is 4.34. The molecule has 0 radical (unpaired) electrons. The SMILES string of the molecule is CC(C)CNC(=O)CC(c1cn(C)c2ccccc12)C(C)c1ccccc1. The predicted molar refractivity (Wildman–Crippen MR) is 113 cm³/mol. The lowest BCUT2D eigenvalue weighted by molar-refractivity contribution is -0.121. The third-order valence-corrected chi connectivity index (χ3v) is 5.37. The summed E-state index contributed by atoms with van der Waals surface area (Å²) in [6.45, 7) is 7.20. The molecule has 3 nitrogen and oxygen atoms in total. The van der Waals surface area contributed by atoms with Gasteiger partial charge in [-0.1, -0.05) is 69.3 Å². The van der Waals surface area contributed by atoms with Gasteiger partial charge in [0.25, 0.3) is 0 Å². The number of amides is 1. The van der Waals surface area contributed by atoms with Gasteiger partial charge >= 0.3 is 0 Å². The molecule has 27 heavy (non-hydrogen) atoms. The lowest BCUT2D eigenvalue weighted by Crippen LogP contribution is -2.29. The van der Waals surface area contributed by atoms with Gasteiger partial charge in [-0.15, -0.1) is 0 Å². The van der Waals surface area contributed by atoms with Crippen molar-refractivity contribution in [3.63, 3.8) is 0 Å². The van der Waals surface area contributed by atoms with E-state index in [1.54, 1.807) is 0 Å². The Labute approximate surface area is 162 Å². The molecule has 0 aliphatic rings. The molecule has 2 atom stereocenters. The summed E-state index contributed by atoms with van der Waals surface area (Å²) in [6, 6.07) is 19.0. The van der Waals surface area contributed by atoms with Gasteiger partial charge in [0, 0.05) is 43.0 Å². The standard InChI is InChI=1S/C24H30N2O/c1-17(2)15-25-24(27)14-21(18(3)19-10-6-5-7-11-19)22-16-26(4)23-13-9-8-12-20(22)23/h5-13,16-18,21H,14-15H2,1-4H3,(H,25,27). The van der Waals surface area contributed by atoms with E-state index >= 15 is 0 Å². The van der Waals surface area contributed by atoms with Crippen molar-refractivity contribution in [1.82, 2.24) is 9.88 Å². The Morgan fingerprint density at radius 2 is 1.67 bits per heavy atom. The van der Waals surface area contributed by atoms with Gasteiger partial charge < -0.3 is 9.88 Å². The Hall–Kier alpha value is -2.55. The van der Waals surface area contributed by atoms with Crippen LogP contribution >= 0.6 is 0 Å². The summed E-state index contributed by atoms with van der Waals surface area (Å²) in [5.74, 6) is 0.966. The summed E-state index contributed by atoms with van der Waals surface area (Å²) >= 11 is 0. The Morgan fingerprint density at radius 1 is 1.00 bits per heavy atom. The van der Waals surface area contributed by atoms with Crippen molar-refractivity contribution in [2.45, 2.75) is 39.0 Å². The molecule has 0 fully saturated rings. The maximum Gasteiger partial charge on any atom is 0.220 e. The number of rotatable bonds is 7. The predicted octanol–water partition coefficient (Wildman–Crippen LogP) is 5.23. The first-order chi connectivity index (χ1) is 13.0. The average Bonchev–Trinajstić information content (AvgIpc) is 3.01. The van der Waals surface area contributed by atoms with E-state index in [-0.39, 0.29) is 17.7 Å². The van der Waals surface area contributed by atoms with Crippen LogP contribution in [0.15, 0.2) is 60.8 Å². The molecule has 0 aliphatic carbocycles. The number of carbonyl (C=O) groups is 1. The van der Waals surface area contributed by atoms with Crippen LogP contribution < -0.4 is 5.32 Å². The number of aryl methyl sites for hydroxylation is 1. The number of aromatic nitrogens is 1. The highest BCUT2D eigenvalue weighted by Crippen LogP contribution is 2.39. The maximum atomic E-state index is 12.7. The molecule has 0 aliphatic heterocycles. The smallest absolute Gasteiger partial charge is 0.220 e. The molecule has 1 amide bonds. The fourth-order valence-corrected chi connectivity index (χ4v) is 3.80. The summed E-state index contributed by atoms with van der Waals surface area (Å²) in [7, 11) is 2.08. The molecule has 1 aromatic heterocycles. The first-order valence-corrected chi connectivity index (χ1v) is 9.83. The van der Waals surface area contributed by atoms with E-state index in [4.69, 9.17) is 0 Å². The summed E-state index contributed by atoms with van der Waals surface area (Å²) in [5.41, 5.74) is 3.73. The second-order valence-corrected chi connectivity index (χ2v) is 7.92. The molecule has 0 saturated heterocycles. The molecule has 1 heterocycles. The second kappa shape index (κ2) is 8.43. The zero-order chi connectivity index (χ0) is 19.4. The van der Waals surface area contributed by atoms with Gasteiger partial charge in [-0.05, 0) is 29.0 Å². The van der Waals surface area contributed by atoms with Crippen molar-refractivity contribution in [3.05, 3.63) is 71.9 Å². The number of benzene rings is 2. The van der Waals surface area contributed by atoms with Gasteiger partial charge in [0.05, 0.1) is 0 Å². The minimum absolute atomic E-state index is 0.129. The molecular weight excluding hydrogens is 332 g/mol. The Bertz CT molecular complexity index is 895. The van der Waals surface area contributed by atoms with Gasteiger partial charge in [0.15, 0.2) is 0 Å². The molecule has 0 spiro atoms. The molecule has 1 N–H and O–H groups in total. The minimum Gasteiger partial charge on any atom is -0.356 e. The minimum atomic E-state index is 0.129. The van der Waals surface area contributed by atoms with Crippen LogP contribution in [0.1, 0.15) is 50.2 Å². The Balaban J connectivity index is 1.97. The number of nitrogens with zero attached hydrogens (tertiary/aromatic N) is 1. The first kappa shape index (κ1) is 19.2. The number of hydrogen-bond donors (Lipinski definition) is 1. The average molecular weight is 363 g/mol. The van der Waals surface area contributed by atoms with E-state index in [1.807, 2.05) is 6.07 Å². The van der Waals surface area contributed by atoms with E-state index in [9.17, 15) is 4.79 Å². The summed E-state index contributed by atoms with van der Waals surface area (Å²) in [6.07, 6.45) is 2.70. The highest BCUT2D eigenvalue weighted by atomic mass is 16.1. The summed E-state index contributed by atoms with van der Waals surface area (Å²) in [4.78, 5) is 12.7. The number of para-hydroxylation sites is 1. The Morgan fingerprint density at radius 3 is 2.37 bits per heavy atom. The van der Waals surface area contributed by atoms with E-state index in [2.05, 4.69) is 92.4 Å². The molecule has 3 aromatic rings. The van der Waals surface area contributed by atoms with Crippen molar-refractivity contribution in [1.29, 1.82) is 0 Å². The van der Waals surface area contributed by atoms with Crippen LogP contribution in [0.25, 0.3) is 10.9 Å². The number of carbonyl (C=O) groups excluding carboxylic acids is 1. The molecule has 0 saturated carbocycles. The fourth-order valence-electron chi connectivity index (χ4n) is 3.80. The van der Waals surface area contributed by atoms with Crippen LogP contribution in [0.3, 0.4) is 0 Å². The molecule has 3 rings (SSSR count). The second-order valence-electron chi connectivity index (χ2n) is 7.92. The van der Waals surface area contributed by atoms with Crippen molar-refractivity contribution in [2.75, 3.05) is 6.54 Å². The molecule has 3 heteroatoms. The van der Waals surface area contributed by atoms with Gasteiger partial charge in [-0.2, -0.15) is 0 Å². The van der Waals surface area contributed by atoms with Crippen molar-refractivity contribution in [3.8, 4) is 0 Å². The first-order valence-electron chi connectivity index (χ1n) is 9.83. The van der Waals surface area contributed by atoms with Gasteiger partial charge in [0.2, 0.25) is 5.91 Å². The zero-order valence-electron chi connectivity index (χ0n) is 16.8. The van der Waals surface area contributed by atoms with Crippen LogP contribution in [0.4, 0.5) is 0 Å². The number of hydrogen-bond acceptors (Lipinski definition) is 1. The third kappa shape index (κ3) is 4.41. The molecule has 142 valence electrons. The monoisotopic (exact) mass is 362 g/mol. The molecular formula is C24H30N2O. The van der Waals surface area contributed by atoms with Crippen molar-refractivity contribution in [2.24, 2.45) is 13.0 Å². The number of fused-ring (bicyclic) bond motifs is 1. The van der Waals surface area contributed by atoms with Gasteiger partial charge in [0.1, 0.15) is 0 Å². The van der Waals surface area contributed by atoms with E-state index in [1.165, 1.54) is 22.0 Å². The topological polar surface area (TPSA) is 34.0 Å². The quantitative estimate of drug-likeness (QED) is 0.614. The normalized spacial score (nSPS) is 13.7. The third-order valence-electron chi connectivity index (χ3n) is 5.37. The number of nitrogens with one attached hydrogen (secondary N) is 1.